The van der Waals surface area contributed by atoms with Crippen LogP contribution in [0.5, 0.6) is 0 Å². The zero-order valence-electron chi connectivity index (χ0n) is 7.41. The summed E-state index contributed by atoms with van der Waals surface area (Å²) in [7, 11) is 0. The van der Waals surface area contributed by atoms with Gasteiger partial charge in [0.25, 0.3) is 0 Å². The highest BCUT2D eigenvalue weighted by molar-refractivity contribution is 5.16. The van der Waals surface area contributed by atoms with Crippen molar-refractivity contribution >= 4 is 0 Å². The van der Waals surface area contributed by atoms with Crippen LogP contribution in [0.3, 0.4) is 0 Å². The van der Waals surface area contributed by atoms with Gasteiger partial charge in [0.05, 0.1) is 17.6 Å². The van der Waals surface area contributed by atoms with Crippen LogP contribution in [0.4, 0.5) is 0 Å². The number of pyridine rings is 1. The van der Waals surface area contributed by atoms with Crippen LogP contribution in [-0.4, -0.2) is 20.1 Å². The lowest BCUT2D eigenvalue weighted by molar-refractivity contribution is 0.210. The van der Waals surface area contributed by atoms with Crippen LogP contribution in [0.2, 0.25) is 0 Å². The molecular formula is C10H9N3O. The molecule has 0 aliphatic rings. The second-order valence-electron chi connectivity index (χ2n) is 2.79. The predicted molar refractivity (Wildman–Crippen MR) is 50.3 cm³/mol. The zero-order valence-corrected chi connectivity index (χ0v) is 7.41. The number of aromatic nitrogens is 3. The molecule has 0 spiro atoms. The maximum Gasteiger partial charge on any atom is 0.139 e. The Balaban J connectivity index is 2.30. The molecule has 0 radical (unpaired) electrons. The zero-order chi connectivity index (χ0) is 9.80. The highest BCUT2D eigenvalue weighted by atomic mass is 16.3. The summed E-state index contributed by atoms with van der Waals surface area (Å²) in [6, 6.07) is 5.37. The Bertz CT molecular complexity index is 351. The van der Waals surface area contributed by atoms with E-state index in [1.54, 1.807) is 30.7 Å². The van der Waals surface area contributed by atoms with Gasteiger partial charge in [0.2, 0.25) is 0 Å². The maximum absolute atomic E-state index is 9.83. The van der Waals surface area contributed by atoms with Crippen molar-refractivity contribution in [2.75, 3.05) is 0 Å². The molecule has 2 aromatic rings. The van der Waals surface area contributed by atoms with Crippen LogP contribution in [0.1, 0.15) is 17.5 Å². The van der Waals surface area contributed by atoms with E-state index in [2.05, 4.69) is 15.0 Å². The smallest absolute Gasteiger partial charge is 0.139 e. The van der Waals surface area contributed by atoms with E-state index in [4.69, 9.17) is 0 Å². The Kier molecular flexibility index (Phi) is 2.46. The van der Waals surface area contributed by atoms with E-state index in [1.807, 2.05) is 6.07 Å². The molecule has 4 nitrogen and oxygen atoms in total. The fourth-order valence-corrected chi connectivity index (χ4v) is 1.14. The lowest BCUT2D eigenvalue weighted by Crippen LogP contribution is -2.04. The van der Waals surface area contributed by atoms with Crippen molar-refractivity contribution in [2.24, 2.45) is 0 Å². The highest BCUT2D eigenvalue weighted by Crippen LogP contribution is 2.15. The van der Waals surface area contributed by atoms with Crippen LogP contribution < -0.4 is 0 Å². The Labute approximate surface area is 81.3 Å². The largest absolute Gasteiger partial charge is 0.380 e. The van der Waals surface area contributed by atoms with E-state index in [0.29, 0.717) is 11.4 Å². The Morgan fingerprint density at radius 3 is 2.50 bits per heavy atom. The lowest BCUT2D eigenvalue weighted by Gasteiger charge is -2.07. The van der Waals surface area contributed by atoms with Crippen molar-refractivity contribution in [1.29, 1.82) is 0 Å². The molecule has 2 rings (SSSR count). The molecule has 0 bridgehead atoms. The molecule has 0 saturated heterocycles. The summed E-state index contributed by atoms with van der Waals surface area (Å²) in [5.74, 6) is 0. The third-order valence-electron chi connectivity index (χ3n) is 1.83. The van der Waals surface area contributed by atoms with Crippen LogP contribution in [-0.2, 0) is 0 Å². The minimum atomic E-state index is -0.801. The standard InChI is InChI=1S/C10H9N3O/c14-10(8-3-1-2-4-12-8)9-7-11-5-6-13-9/h1-7,10,14H. The molecular weight excluding hydrogens is 178 g/mol. The Hall–Kier alpha value is -1.81. The van der Waals surface area contributed by atoms with E-state index < -0.39 is 6.10 Å². The van der Waals surface area contributed by atoms with Crippen molar-refractivity contribution in [1.82, 2.24) is 15.0 Å². The topological polar surface area (TPSA) is 58.9 Å². The first kappa shape index (κ1) is 8.77. The molecule has 4 heteroatoms. The first-order chi connectivity index (χ1) is 6.88. The van der Waals surface area contributed by atoms with Gasteiger partial charge in [-0.1, -0.05) is 6.07 Å². The number of hydrogen-bond acceptors (Lipinski definition) is 4. The van der Waals surface area contributed by atoms with Gasteiger partial charge in [-0.05, 0) is 12.1 Å². The quantitative estimate of drug-likeness (QED) is 0.760. The molecule has 2 aromatic heterocycles. The molecule has 0 aliphatic carbocycles. The first-order valence-corrected chi connectivity index (χ1v) is 4.23. The van der Waals surface area contributed by atoms with E-state index >= 15 is 0 Å². The molecule has 1 N–H and O–H groups in total. The number of hydrogen-bond donors (Lipinski definition) is 1. The van der Waals surface area contributed by atoms with Gasteiger partial charge in [0.15, 0.2) is 0 Å². The third-order valence-corrected chi connectivity index (χ3v) is 1.83. The monoisotopic (exact) mass is 187 g/mol. The average Bonchev–Trinajstić information content (AvgIpc) is 2.30. The van der Waals surface area contributed by atoms with Crippen LogP contribution in [0, 0.1) is 0 Å². The summed E-state index contributed by atoms with van der Waals surface area (Å²) >= 11 is 0. The number of rotatable bonds is 2. The van der Waals surface area contributed by atoms with Gasteiger partial charge in [0, 0.05) is 18.6 Å². The van der Waals surface area contributed by atoms with Gasteiger partial charge in [-0.15, -0.1) is 0 Å². The van der Waals surface area contributed by atoms with Gasteiger partial charge in [0.1, 0.15) is 6.10 Å². The van der Waals surface area contributed by atoms with E-state index in [1.165, 1.54) is 6.20 Å². The second kappa shape index (κ2) is 3.93. The number of aliphatic hydroxyl groups is 1. The predicted octanol–water partition coefficient (Wildman–Crippen LogP) is 0.953. The normalized spacial score (nSPS) is 12.4. The molecule has 0 aromatic carbocycles. The summed E-state index contributed by atoms with van der Waals surface area (Å²) in [5, 5.41) is 9.83. The van der Waals surface area contributed by atoms with Crippen LogP contribution in [0.15, 0.2) is 43.0 Å². The molecule has 0 saturated carbocycles. The molecule has 14 heavy (non-hydrogen) atoms. The molecule has 0 amide bonds. The van der Waals surface area contributed by atoms with Gasteiger partial charge in [-0.3, -0.25) is 15.0 Å². The molecule has 70 valence electrons. The molecule has 2 heterocycles. The van der Waals surface area contributed by atoms with Crippen LogP contribution in [0.25, 0.3) is 0 Å². The minimum absolute atomic E-state index is 0.506. The van der Waals surface area contributed by atoms with Crippen molar-refractivity contribution in [2.45, 2.75) is 6.10 Å². The summed E-state index contributed by atoms with van der Waals surface area (Å²) in [4.78, 5) is 11.9. The SMILES string of the molecule is OC(c1ccccn1)c1cnccn1. The maximum atomic E-state index is 9.83. The van der Waals surface area contributed by atoms with Crippen molar-refractivity contribution in [3.63, 3.8) is 0 Å². The minimum Gasteiger partial charge on any atom is -0.380 e. The fourth-order valence-electron chi connectivity index (χ4n) is 1.14. The van der Waals surface area contributed by atoms with Gasteiger partial charge >= 0.3 is 0 Å². The van der Waals surface area contributed by atoms with E-state index in [9.17, 15) is 5.11 Å². The second-order valence-corrected chi connectivity index (χ2v) is 2.79. The third kappa shape index (κ3) is 1.75. The first-order valence-electron chi connectivity index (χ1n) is 4.23. The van der Waals surface area contributed by atoms with Crippen molar-refractivity contribution in [3.05, 3.63) is 54.4 Å². The Morgan fingerprint density at radius 2 is 1.86 bits per heavy atom. The highest BCUT2D eigenvalue weighted by Gasteiger charge is 2.11. The van der Waals surface area contributed by atoms with Gasteiger partial charge in [-0.2, -0.15) is 0 Å². The van der Waals surface area contributed by atoms with E-state index in [-0.39, 0.29) is 0 Å². The summed E-state index contributed by atoms with van der Waals surface area (Å²) in [5.41, 5.74) is 1.08. The lowest BCUT2D eigenvalue weighted by atomic mass is 10.2. The number of aliphatic hydroxyl groups excluding tert-OH is 1. The molecule has 0 fully saturated rings. The fraction of sp³-hybridized carbons (Fsp3) is 0.100. The Morgan fingerprint density at radius 1 is 1.00 bits per heavy atom. The average molecular weight is 187 g/mol. The molecule has 0 aliphatic heterocycles. The molecule has 1 unspecified atom stereocenters. The summed E-state index contributed by atoms with van der Waals surface area (Å²) in [6.07, 6.45) is 5.47. The van der Waals surface area contributed by atoms with E-state index in [0.717, 1.165) is 0 Å². The molecule has 1 atom stereocenters. The van der Waals surface area contributed by atoms with Crippen molar-refractivity contribution in [3.8, 4) is 0 Å². The van der Waals surface area contributed by atoms with Gasteiger partial charge in [-0.25, -0.2) is 0 Å². The van der Waals surface area contributed by atoms with Gasteiger partial charge < -0.3 is 5.11 Å². The van der Waals surface area contributed by atoms with Crippen LogP contribution >= 0.6 is 0 Å². The summed E-state index contributed by atoms with van der Waals surface area (Å²) in [6.45, 7) is 0. The summed E-state index contributed by atoms with van der Waals surface area (Å²) < 4.78 is 0. The number of nitrogens with zero attached hydrogens (tertiary/aromatic N) is 3. The van der Waals surface area contributed by atoms with Crippen molar-refractivity contribution < 1.29 is 5.11 Å².